The van der Waals surface area contributed by atoms with Crippen LogP contribution in [0.15, 0.2) is 78.0 Å². The van der Waals surface area contributed by atoms with E-state index in [0.29, 0.717) is 28.5 Å². The first-order valence-corrected chi connectivity index (χ1v) is 8.83. The smallest absolute Gasteiger partial charge is 0.274 e. The molecule has 1 aromatic carbocycles. The molecule has 144 valence electrons. The number of amidine groups is 1. The lowest BCUT2D eigenvalue weighted by Crippen LogP contribution is -2.45. The van der Waals surface area contributed by atoms with Crippen molar-refractivity contribution in [3.63, 3.8) is 0 Å². The molecule has 29 heavy (non-hydrogen) atoms. The highest BCUT2D eigenvalue weighted by Gasteiger charge is 2.20. The van der Waals surface area contributed by atoms with Gasteiger partial charge in [0, 0.05) is 23.6 Å². The Bertz CT molecular complexity index is 1040. The van der Waals surface area contributed by atoms with Crippen molar-refractivity contribution in [2.24, 2.45) is 4.99 Å². The van der Waals surface area contributed by atoms with Crippen molar-refractivity contribution in [2.45, 2.75) is 6.29 Å². The molecule has 9 heteroatoms. The molecule has 0 bridgehead atoms. The van der Waals surface area contributed by atoms with E-state index in [1.165, 1.54) is 0 Å². The number of anilines is 1. The first kappa shape index (κ1) is 18.3. The number of benzene rings is 1. The first-order valence-electron chi connectivity index (χ1n) is 8.83. The van der Waals surface area contributed by atoms with Crippen LogP contribution in [0.2, 0.25) is 0 Å². The van der Waals surface area contributed by atoms with Gasteiger partial charge in [0.05, 0.1) is 0 Å². The summed E-state index contributed by atoms with van der Waals surface area (Å²) in [5, 5.41) is 5.49. The van der Waals surface area contributed by atoms with Gasteiger partial charge in [-0.05, 0) is 48.5 Å². The number of amides is 2. The molecule has 0 aliphatic carbocycles. The molecule has 9 nitrogen and oxygen atoms in total. The van der Waals surface area contributed by atoms with Crippen LogP contribution in [0.3, 0.4) is 0 Å². The molecule has 3 heterocycles. The fourth-order valence-electron chi connectivity index (χ4n) is 2.64. The van der Waals surface area contributed by atoms with Gasteiger partial charge in [-0.15, -0.1) is 0 Å². The van der Waals surface area contributed by atoms with Crippen molar-refractivity contribution >= 4 is 23.3 Å². The Morgan fingerprint density at radius 1 is 0.862 bits per heavy atom. The number of nitrogens with zero attached hydrogens (tertiary/aromatic N) is 3. The number of rotatable bonds is 5. The number of carbonyl (C=O) groups is 2. The minimum Gasteiger partial charge on any atom is -0.321 e. The zero-order valence-electron chi connectivity index (χ0n) is 15.2. The average molecular weight is 387 g/mol. The van der Waals surface area contributed by atoms with Crippen LogP contribution in [-0.4, -0.2) is 33.9 Å². The highest BCUT2D eigenvalue weighted by Crippen LogP contribution is 2.11. The predicted octanol–water partition coefficient (Wildman–Crippen LogP) is 1.30. The van der Waals surface area contributed by atoms with Gasteiger partial charge in [-0.1, -0.05) is 12.1 Å². The third-order valence-corrected chi connectivity index (χ3v) is 4.06. The summed E-state index contributed by atoms with van der Waals surface area (Å²) in [6.07, 6.45) is 2.60. The van der Waals surface area contributed by atoms with Gasteiger partial charge >= 0.3 is 0 Å². The van der Waals surface area contributed by atoms with Gasteiger partial charge in [-0.2, -0.15) is 5.43 Å². The van der Waals surface area contributed by atoms with E-state index < -0.39 is 6.29 Å². The van der Waals surface area contributed by atoms with Crippen LogP contribution >= 0.6 is 0 Å². The molecule has 3 aromatic rings. The number of pyridine rings is 2. The van der Waals surface area contributed by atoms with E-state index in [0.717, 1.165) is 0 Å². The molecule has 2 aromatic heterocycles. The minimum absolute atomic E-state index is 0.307. The van der Waals surface area contributed by atoms with Crippen molar-refractivity contribution in [3.8, 4) is 0 Å². The summed E-state index contributed by atoms with van der Waals surface area (Å²) >= 11 is 0. The lowest BCUT2D eigenvalue weighted by molar-refractivity contribution is 0.0931. The predicted molar refractivity (Wildman–Crippen MR) is 107 cm³/mol. The van der Waals surface area contributed by atoms with Crippen LogP contribution < -0.4 is 21.5 Å². The number of hydrogen-bond acceptors (Lipinski definition) is 7. The number of aromatic nitrogens is 2. The molecule has 1 atom stereocenters. The topological polar surface area (TPSA) is 120 Å². The van der Waals surface area contributed by atoms with Crippen molar-refractivity contribution < 1.29 is 9.59 Å². The third kappa shape index (κ3) is 4.42. The number of nitrogens with one attached hydrogen (secondary N) is 4. The molecule has 2 amide bonds. The summed E-state index contributed by atoms with van der Waals surface area (Å²) in [4.78, 5) is 37.1. The summed E-state index contributed by atoms with van der Waals surface area (Å²) in [6, 6.07) is 17.1. The van der Waals surface area contributed by atoms with E-state index in [9.17, 15) is 9.59 Å². The molecule has 1 unspecified atom stereocenters. The average Bonchev–Trinajstić information content (AvgIpc) is 3.24. The molecule has 4 N–H and O–H groups in total. The van der Waals surface area contributed by atoms with Crippen LogP contribution in [0.5, 0.6) is 0 Å². The van der Waals surface area contributed by atoms with Gasteiger partial charge in [0.2, 0.25) is 0 Å². The maximum Gasteiger partial charge on any atom is 0.274 e. The Labute approximate surface area is 166 Å². The second kappa shape index (κ2) is 8.28. The summed E-state index contributed by atoms with van der Waals surface area (Å²) in [6.45, 7) is 0. The molecule has 1 aliphatic heterocycles. The Morgan fingerprint density at radius 2 is 1.62 bits per heavy atom. The van der Waals surface area contributed by atoms with Crippen LogP contribution in [0.4, 0.5) is 5.69 Å². The van der Waals surface area contributed by atoms with E-state index in [1.54, 1.807) is 54.9 Å². The summed E-state index contributed by atoms with van der Waals surface area (Å²) in [5.41, 5.74) is 7.75. The van der Waals surface area contributed by atoms with Gasteiger partial charge in [0.15, 0.2) is 12.1 Å². The number of aliphatic imine (C=N–C) groups is 1. The van der Waals surface area contributed by atoms with Crippen LogP contribution in [0.1, 0.15) is 26.5 Å². The SMILES string of the molecule is O=C(NC1N=C(c2ccccn2)NN1)c1ccc(NC(=O)c2ccccn2)cc1. The van der Waals surface area contributed by atoms with E-state index in [-0.39, 0.29) is 11.8 Å². The van der Waals surface area contributed by atoms with Gasteiger partial charge in [-0.3, -0.25) is 19.6 Å². The van der Waals surface area contributed by atoms with Crippen molar-refractivity contribution in [2.75, 3.05) is 5.32 Å². The number of carbonyl (C=O) groups excluding carboxylic acids is 2. The maximum atomic E-state index is 12.4. The first-order chi connectivity index (χ1) is 14.2. The van der Waals surface area contributed by atoms with E-state index in [2.05, 4.69) is 36.4 Å². The Kier molecular flexibility index (Phi) is 5.21. The minimum atomic E-state index is -0.622. The largest absolute Gasteiger partial charge is 0.321 e. The second-order valence-corrected chi connectivity index (χ2v) is 6.08. The summed E-state index contributed by atoms with van der Waals surface area (Å²) < 4.78 is 0. The molecular formula is C20H17N7O2. The fraction of sp³-hybridized carbons (Fsp3) is 0.0500. The molecular weight excluding hydrogens is 370 g/mol. The van der Waals surface area contributed by atoms with E-state index in [4.69, 9.17) is 0 Å². The number of hydrogen-bond donors (Lipinski definition) is 4. The van der Waals surface area contributed by atoms with Gasteiger partial charge in [0.25, 0.3) is 11.8 Å². The molecule has 1 aliphatic rings. The Morgan fingerprint density at radius 3 is 2.31 bits per heavy atom. The number of hydrazine groups is 1. The van der Waals surface area contributed by atoms with Gasteiger partial charge < -0.3 is 16.1 Å². The highest BCUT2D eigenvalue weighted by atomic mass is 16.2. The van der Waals surface area contributed by atoms with Gasteiger partial charge in [0.1, 0.15) is 11.4 Å². The summed E-state index contributed by atoms with van der Waals surface area (Å²) in [5.74, 6) is -0.0816. The fourth-order valence-corrected chi connectivity index (χ4v) is 2.64. The molecule has 0 fully saturated rings. The van der Waals surface area contributed by atoms with E-state index >= 15 is 0 Å². The van der Waals surface area contributed by atoms with Crippen LogP contribution in [0, 0.1) is 0 Å². The van der Waals surface area contributed by atoms with Crippen molar-refractivity contribution in [1.82, 2.24) is 26.1 Å². The molecule has 0 saturated heterocycles. The standard InChI is InChI=1S/C20H17N7O2/c28-18(25-20-24-17(26-27-20)15-5-1-3-11-21-15)13-7-9-14(10-8-13)23-19(29)16-6-2-4-12-22-16/h1-12,20,27H,(H,23,29)(H,24,26)(H,25,28). The zero-order chi connectivity index (χ0) is 20.1. The molecule has 0 spiro atoms. The zero-order valence-corrected chi connectivity index (χ0v) is 15.2. The van der Waals surface area contributed by atoms with Crippen LogP contribution in [-0.2, 0) is 0 Å². The van der Waals surface area contributed by atoms with Crippen molar-refractivity contribution in [3.05, 3.63) is 90.0 Å². The normalized spacial score (nSPS) is 15.2. The van der Waals surface area contributed by atoms with Crippen molar-refractivity contribution in [1.29, 1.82) is 0 Å². The molecule has 0 saturated carbocycles. The third-order valence-electron chi connectivity index (χ3n) is 4.06. The highest BCUT2D eigenvalue weighted by molar-refractivity contribution is 6.03. The second-order valence-electron chi connectivity index (χ2n) is 6.08. The lowest BCUT2D eigenvalue weighted by atomic mass is 10.2. The quantitative estimate of drug-likeness (QED) is 0.524. The lowest BCUT2D eigenvalue weighted by Gasteiger charge is -2.10. The molecule has 0 radical (unpaired) electrons. The Balaban J connectivity index is 1.36. The molecule has 4 rings (SSSR count). The van der Waals surface area contributed by atoms with Gasteiger partial charge in [-0.25, -0.2) is 4.99 Å². The monoisotopic (exact) mass is 387 g/mol. The van der Waals surface area contributed by atoms with E-state index in [1.807, 2.05) is 18.2 Å². The van der Waals surface area contributed by atoms with Crippen LogP contribution in [0.25, 0.3) is 0 Å². The maximum absolute atomic E-state index is 12.4. The summed E-state index contributed by atoms with van der Waals surface area (Å²) in [7, 11) is 0. The Hall–Kier alpha value is -4.11.